The number of nitrogens with one attached hydrogen (secondary N) is 3. The number of nitrogens with zero attached hydrogens (tertiary/aromatic N) is 1. The number of aliphatic imine (C=N–C) groups is 1. The molecule has 33 heavy (non-hydrogen) atoms. The molecule has 188 valence electrons. The topological polar surface area (TPSA) is 258 Å². The van der Waals surface area contributed by atoms with Crippen molar-refractivity contribution in [2.24, 2.45) is 33.8 Å². The van der Waals surface area contributed by atoms with E-state index in [1.807, 2.05) is 13.8 Å². The summed E-state index contributed by atoms with van der Waals surface area (Å²) in [6.07, 6.45) is 0.174. The molecular formula is C19H36N8O6. The highest BCUT2D eigenvalue weighted by Gasteiger charge is 2.29. The van der Waals surface area contributed by atoms with Crippen LogP contribution in [0.3, 0.4) is 0 Å². The molecule has 0 aromatic heterocycles. The van der Waals surface area contributed by atoms with Gasteiger partial charge in [0.05, 0.1) is 6.54 Å². The van der Waals surface area contributed by atoms with Crippen LogP contribution < -0.4 is 38.9 Å². The number of primary amides is 1. The quantitative estimate of drug-likeness (QED) is 0.0639. The van der Waals surface area contributed by atoms with Gasteiger partial charge in [0.15, 0.2) is 5.96 Å². The smallest absolute Gasteiger partial charge is 0.326 e. The van der Waals surface area contributed by atoms with E-state index in [4.69, 9.17) is 22.9 Å². The monoisotopic (exact) mass is 472 g/mol. The third-order valence-electron chi connectivity index (χ3n) is 4.42. The van der Waals surface area contributed by atoms with E-state index in [0.717, 1.165) is 0 Å². The molecule has 0 saturated heterocycles. The van der Waals surface area contributed by atoms with E-state index in [1.165, 1.54) is 0 Å². The first-order chi connectivity index (χ1) is 15.4. The molecule has 12 N–H and O–H groups in total. The maximum absolute atomic E-state index is 12.8. The van der Waals surface area contributed by atoms with Gasteiger partial charge in [-0.2, -0.15) is 0 Å². The summed E-state index contributed by atoms with van der Waals surface area (Å²) in [6, 6.07) is -3.50. The van der Waals surface area contributed by atoms with Gasteiger partial charge in [0, 0.05) is 13.0 Å². The van der Waals surface area contributed by atoms with Crippen LogP contribution in [0.15, 0.2) is 4.99 Å². The fourth-order valence-corrected chi connectivity index (χ4v) is 2.82. The van der Waals surface area contributed by atoms with Crippen molar-refractivity contribution in [3.63, 3.8) is 0 Å². The predicted octanol–water partition coefficient (Wildman–Crippen LogP) is -3.15. The van der Waals surface area contributed by atoms with Crippen molar-refractivity contribution in [2.45, 2.75) is 64.1 Å². The Bertz CT molecular complexity index is 723. The zero-order chi connectivity index (χ0) is 25.6. The molecule has 0 aromatic carbocycles. The van der Waals surface area contributed by atoms with Crippen LogP contribution in [0.2, 0.25) is 0 Å². The molecule has 14 nitrogen and oxygen atoms in total. The minimum absolute atomic E-state index is 0.0247. The van der Waals surface area contributed by atoms with Crippen molar-refractivity contribution in [3.8, 4) is 0 Å². The van der Waals surface area contributed by atoms with E-state index < -0.39 is 47.7 Å². The molecule has 0 fully saturated rings. The van der Waals surface area contributed by atoms with Gasteiger partial charge in [-0.3, -0.25) is 24.2 Å². The zero-order valence-corrected chi connectivity index (χ0v) is 19.0. The molecule has 0 saturated carbocycles. The van der Waals surface area contributed by atoms with E-state index in [2.05, 4.69) is 20.9 Å². The number of carboxylic acids is 1. The summed E-state index contributed by atoms with van der Waals surface area (Å²) in [6.45, 7) is 3.52. The molecule has 4 amide bonds. The van der Waals surface area contributed by atoms with Gasteiger partial charge in [-0.25, -0.2) is 4.79 Å². The first-order valence-electron chi connectivity index (χ1n) is 10.5. The van der Waals surface area contributed by atoms with Crippen molar-refractivity contribution in [1.29, 1.82) is 0 Å². The molecule has 14 heteroatoms. The van der Waals surface area contributed by atoms with Gasteiger partial charge in [-0.15, -0.1) is 0 Å². The lowest BCUT2D eigenvalue weighted by molar-refractivity contribution is -0.142. The molecule has 0 bridgehead atoms. The number of guanidine groups is 1. The molecular weight excluding hydrogens is 436 g/mol. The highest BCUT2D eigenvalue weighted by Crippen LogP contribution is 2.08. The third kappa shape index (κ3) is 13.6. The maximum Gasteiger partial charge on any atom is 0.326 e. The van der Waals surface area contributed by atoms with E-state index >= 15 is 0 Å². The second kappa shape index (κ2) is 15.4. The molecule has 0 aliphatic carbocycles. The van der Waals surface area contributed by atoms with Crippen molar-refractivity contribution >= 4 is 35.6 Å². The fraction of sp³-hybridized carbons (Fsp3) is 0.684. The summed E-state index contributed by atoms with van der Waals surface area (Å²) < 4.78 is 0. The molecule has 3 unspecified atom stereocenters. The summed E-state index contributed by atoms with van der Waals surface area (Å²) >= 11 is 0. The number of hydrogen-bond donors (Lipinski definition) is 8. The number of aliphatic carboxylic acids is 1. The average molecular weight is 473 g/mol. The average Bonchev–Trinajstić information content (AvgIpc) is 2.71. The number of carbonyl (C=O) groups is 5. The molecule has 0 aliphatic rings. The number of amides is 4. The number of rotatable bonds is 16. The Balaban J connectivity index is 5.39. The van der Waals surface area contributed by atoms with Gasteiger partial charge in [-0.1, -0.05) is 13.8 Å². The van der Waals surface area contributed by atoms with Crippen LogP contribution in [-0.2, 0) is 24.0 Å². The van der Waals surface area contributed by atoms with E-state index in [-0.39, 0.29) is 57.1 Å². The Morgan fingerprint density at radius 3 is 1.94 bits per heavy atom. The van der Waals surface area contributed by atoms with E-state index in [0.29, 0.717) is 0 Å². The highest BCUT2D eigenvalue weighted by molar-refractivity contribution is 5.93. The van der Waals surface area contributed by atoms with Crippen molar-refractivity contribution in [2.75, 3.05) is 13.1 Å². The first kappa shape index (κ1) is 29.6. The summed E-state index contributed by atoms with van der Waals surface area (Å²) in [5.74, 6) is -4.15. The predicted molar refractivity (Wildman–Crippen MR) is 120 cm³/mol. The number of hydrogen-bond acceptors (Lipinski definition) is 7. The third-order valence-corrected chi connectivity index (χ3v) is 4.42. The van der Waals surface area contributed by atoms with E-state index in [1.54, 1.807) is 0 Å². The Hall–Kier alpha value is -3.42. The molecule has 0 aromatic rings. The van der Waals surface area contributed by atoms with Gasteiger partial charge >= 0.3 is 5.97 Å². The Morgan fingerprint density at radius 1 is 0.879 bits per heavy atom. The lowest BCUT2D eigenvalue weighted by Crippen LogP contribution is -2.56. The minimum Gasteiger partial charge on any atom is -0.480 e. The van der Waals surface area contributed by atoms with Crippen LogP contribution >= 0.6 is 0 Å². The molecule has 3 atom stereocenters. The highest BCUT2D eigenvalue weighted by atomic mass is 16.4. The summed E-state index contributed by atoms with van der Waals surface area (Å²) in [4.78, 5) is 63.7. The number of nitrogens with two attached hydrogens (primary N) is 4. The standard InChI is InChI=1S/C19H36N8O6/c1-10(2)8-13(25-15(29)9-20)17(31)26-11(5-6-14(21)28)16(30)27-12(18(32)33)4-3-7-24-19(22)23/h10-13H,3-9,20H2,1-2H3,(H2,21,28)(H,25,29)(H,26,31)(H,27,30)(H,32,33)(H4,22,23,24). The lowest BCUT2D eigenvalue weighted by atomic mass is 10.0. The molecule has 0 aliphatic heterocycles. The zero-order valence-electron chi connectivity index (χ0n) is 19.0. The van der Waals surface area contributed by atoms with Gasteiger partial charge in [0.2, 0.25) is 23.6 Å². The van der Waals surface area contributed by atoms with Crippen molar-refractivity contribution in [3.05, 3.63) is 0 Å². The van der Waals surface area contributed by atoms with Crippen LogP contribution in [0.25, 0.3) is 0 Å². The Kier molecular flexibility index (Phi) is 13.8. The SMILES string of the molecule is CC(C)CC(NC(=O)CN)C(=O)NC(CCC(N)=O)C(=O)NC(CCCN=C(N)N)C(=O)O. The minimum atomic E-state index is -1.29. The van der Waals surface area contributed by atoms with E-state index in [9.17, 15) is 29.1 Å². The normalized spacial score (nSPS) is 13.3. The molecule has 0 radical (unpaired) electrons. The van der Waals surface area contributed by atoms with Gasteiger partial charge in [0.25, 0.3) is 0 Å². The number of carboxylic acid groups (broad SMARTS) is 1. The fourth-order valence-electron chi connectivity index (χ4n) is 2.82. The van der Waals surface area contributed by atoms with Crippen LogP contribution in [0.5, 0.6) is 0 Å². The van der Waals surface area contributed by atoms with Crippen LogP contribution in [0.4, 0.5) is 0 Å². The lowest BCUT2D eigenvalue weighted by Gasteiger charge is -2.25. The summed E-state index contributed by atoms with van der Waals surface area (Å²) in [7, 11) is 0. The largest absolute Gasteiger partial charge is 0.480 e. The molecule has 0 heterocycles. The molecule has 0 rings (SSSR count). The van der Waals surface area contributed by atoms with Crippen molar-refractivity contribution < 1.29 is 29.1 Å². The number of carbonyl (C=O) groups excluding carboxylic acids is 4. The van der Waals surface area contributed by atoms with Crippen molar-refractivity contribution in [1.82, 2.24) is 16.0 Å². The second-order valence-corrected chi connectivity index (χ2v) is 7.87. The van der Waals surface area contributed by atoms with Crippen LogP contribution in [0, 0.1) is 5.92 Å². The maximum atomic E-state index is 12.8. The summed E-state index contributed by atoms with van der Waals surface area (Å²) in [5.41, 5.74) is 20.9. The summed E-state index contributed by atoms with van der Waals surface area (Å²) in [5, 5.41) is 16.7. The van der Waals surface area contributed by atoms with Gasteiger partial charge in [-0.05, 0) is 31.6 Å². The second-order valence-electron chi connectivity index (χ2n) is 7.87. The molecule has 0 spiro atoms. The van der Waals surface area contributed by atoms with Gasteiger partial charge in [0.1, 0.15) is 18.1 Å². The Morgan fingerprint density at radius 2 is 1.45 bits per heavy atom. The van der Waals surface area contributed by atoms with Crippen LogP contribution in [0.1, 0.15) is 46.0 Å². The van der Waals surface area contributed by atoms with Gasteiger partial charge < -0.3 is 44.0 Å². The Labute approximate surface area is 192 Å². The first-order valence-corrected chi connectivity index (χ1v) is 10.5. The van der Waals surface area contributed by atoms with Crippen LogP contribution in [-0.4, -0.2) is 71.9 Å².